The Morgan fingerprint density at radius 3 is 1.84 bits per heavy atom. The molecular formula is C29H45NO8. The third-order valence-corrected chi connectivity index (χ3v) is 5.43. The van der Waals surface area contributed by atoms with E-state index in [1.165, 1.54) is 6.07 Å². The van der Waals surface area contributed by atoms with Crippen molar-refractivity contribution in [1.82, 2.24) is 0 Å². The van der Waals surface area contributed by atoms with Crippen LogP contribution in [0.1, 0.15) is 86.1 Å². The molecule has 0 fully saturated rings. The van der Waals surface area contributed by atoms with E-state index < -0.39 is 30.1 Å². The van der Waals surface area contributed by atoms with Gasteiger partial charge in [-0.3, -0.25) is 19.2 Å². The third-order valence-electron chi connectivity index (χ3n) is 5.43. The molecule has 214 valence electrons. The van der Waals surface area contributed by atoms with Gasteiger partial charge in [0.2, 0.25) is 0 Å². The SMILES string of the molecule is CC(C)CCC(=O)Oc1ccc(C[C@H](N)C(=O)OC[C@H](C)OC(=O)CC(C)C)cc1OC(=O)CCC(C)C. The van der Waals surface area contributed by atoms with Gasteiger partial charge in [0, 0.05) is 19.3 Å². The summed E-state index contributed by atoms with van der Waals surface area (Å²) in [6, 6.07) is 3.72. The van der Waals surface area contributed by atoms with Crippen molar-refractivity contribution in [2.75, 3.05) is 6.61 Å². The first-order valence-corrected chi connectivity index (χ1v) is 13.4. The zero-order chi connectivity index (χ0) is 28.8. The van der Waals surface area contributed by atoms with Crippen LogP contribution in [-0.4, -0.2) is 42.6 Å². The highest BCUT2D eigenvalue weighted by Gasteiger charge is 2.21. The molecule has 0 amide bonds. The molecule has 0 aliphatic rings. The summed E-state index contributed by atoms with van der Waals surface area (Å²) < 4.78 is 21.4. The smallest absolute Gasteiger partial charge is 0.323 e. The second-order valence-electron chi connectivity index (χ2n) is 10.9. The topological polar surface area (TPSA) is 131 Å². The molecule has 0 aliphatic heterocycles. The lowest BCUT2D eigenvalue weighted by Crippen LogP contribution is -2.36. The number of nitrogens with two attached hydrogens (primary N) is 1. The second kappa shape index (κ2) is 16.8. The summed E-state index contributed by atoms with van der Waals surface area (Å²) in [5, 5.41) is 0. The Morgan fingerprint density at radius 1 is 0.763 bits per heavy atom. The number of carbonyl (C=O) groups is 4. The van der Waals surface area contributed by atoms with Crippen molar-refractivity contribution in [2.45, 2.75) is 99.1 Å². The predicted molar refractivity (Wildman–Crippen MR) is 144 cm³/mol. The first-order chi connectivity index (χ1) is 17.8. The largest absolute Gasteiger partial charge is 0.461 e. The number of benzene rings is 1. The van der Waals surface area contributed by atoms with Crippen LogP contribution in [0.2, 0.25) is 0 Å². The summed E-state index contributed by atoms with van der Waals surface area (Å²) in [4.78, 5) is 48.9. The molecule has 9 heteroatoms. The lowest BCUT2D eigenvalue weighted by molar-refractivity contribution is -0.159. The van der Waals surface area contributed by atoms with Crippen LogP contribution >= 0.6 is 0 Å². The molecule has 0 saturated carbocycles. The van der Waals surface area contributed by atoms with Gasteiger partial charge < -0.3 is 24.7 Å². The van der Waals surface area contributed by atoms with Crippen molar-refractivity contribution >= 4 is 23.9 Å². The third kappa shape index (κ3) is 14.1. The molecule has 0 unspecified atom stereocenters. The van der Waals surface area contributed by atoms with Crippen LogP contribution in [0, 0.1) is 17.8 Å². The van der Waals surface area contributed by atoms with Gasteiger partial charge in [0.15, 0.2) is 11.5 Å². The molecule has 2 N–H and O–H groups in total. The van der Waals surface area contributed by atoms with Gasteiger partial charge in [0.25, 0.3) is 0 Å². The van der Waals surface area contributed by atoms with Gasteiger partial charge in [-0.1, -0.05) is 47.6 Å². The maximum Gasteiger partial charge on any atom is 0.323 e. The normalized spacial score (nSPS) is 12.8. The van der Waals surface area contributed by atoms with Crippen LogP contribution in [0.4, 0.5) is 0 Å². The highest BCUT2D eigenvalue weighted by molar-refractivity contribution is 5.77. The Hall–Kier alpha value is -2.94. The Balaban J connectivity index is 2.85. The van der Waals surface area contributed by atoms with E-state index in [1.807, 2.05) is 41.5 Å². The van der Waals surface area contributed by atoms with E-state index in [4.69, 9.17) is 24.7 Å². The number of hydrogen-bond acceptors (Lipinski definition) is 9. The molecule has 9 nitrogen and oxygen atoms in total. The van der Waals surface area contributed by atoms with Gasteiger partial charge in [-0.25, -0.2) is 0 Å². The summed E-state index contributed by atoms with van der Waals surface area (Å²) in [6.07, 6.45) is 1.57. The molecule has 2 atom stereocenters. The molecule has 0 aliphatic carbocycles. The molecule has 0 bridgehead atoms. The van der Waals surface area contributed by atoms with Crippen molar-refractivity contribution in [2.24, 2.45) is 23.5 Å². The van der Waals surface area contributed by atoms with Gasteiger partial charge in [-0.05, 0) is 61.6 Å². The summed E-state index contributed by atoms with van der Waals surface area (Å²) in [7, 11) is 0. The summed E-state index contributed by atoms with van der Waals surface area (Å²) in [5.41, 5.74) is 6.64. The van der Waals surface area contributed by atoms with Crippen molar-refractivity contribution in [3.63, 3.8) is 0 Å². The van der Waals surface area contributed by atoms with Gasteiger partial charge in [-0.15, -0.1) is 0 Å². The summed E-state index contributed by atoms with van der Waals surface area (Å²) in [5.74, 6) is -0.810. The highest BCUT2D eigenvalue weighted by Crippen LogP contribution is 2.30. The maximum atomic E-state index is 12.4. The molecule has 1 rings (SSSR count). The lowest BCUT2D eigenvalue weighted by atomic mass is 10.1. The van der Waals surface area contributed by atoms with E-state index >= 15 is 0 Å². The minimum atomic E-state index is -1.00. The molecule has 0 spiro atoms. The van der Waals surface area contributed by atoms with Gasteiger partial charge in [-0.2, -0.15) is 0 Å². The van der Waals surface area contributed by atoms with Crippen LogP contribution in [-0.2, 0) is 35.1 Å². The predicted octanol–water partition coefficient (Wildman–Crippen LogP) is 4.76. The molecule has 0 radical (unpaired) electrons. The van der Waals surface area contributed by atoms with E-state index in [9.17, 15) is 19.2 Å². The lowest BCUT2D eigenvalue weighted by Gasteiger charge is -2.17. The van der Waals surface area contributed by atoms with Gasteiger partial charge in [0.05, 0.1) is 0 Å². The van der Waals surface area contributed by atoms with Crippen LogP contribution < -0.4 is 15.2 Å². The van der Waals surface area contributed by atoms with Crippen molar-refractivity contribution in [3.05, 3.63) is 23.8 Å². The monoisotopic (exact) mass is 535 g/mol. The number of esters is 4. The summed E-state index contributed by atoms with van der Waals surface area (Å²) >= 11 is 0. The van der Waals surface area contributed by atoms with Crippen LogP contribution in [0.15, 0.2) is 18.2 Å². The minimum Gasteiger partial charge on any atom is -0.461 e. The summed E-state index contributed by atoms with van der Waals surface area (Å²) in [6.45, 7) is 13.4. The molecule has 0 heterocycles. The molecule has 1 aromatic rings. The number of hydrogen-bond donors (Lipinski definition) is 1. The van der Waals surface area contributed by atoms with Crippen LogP contribution in [0.5, 0.6) is 11.5 Å². The zero-order valence-corrected chi connectivity index (χ0v) is 23.9. The Labute approximate surface area is 226 Å². The fourth-order valence-corrected chi connectivity index (χ4v) is 3.29. The second-order valence-corrected chi connectivity index (χ2v) is 10.9. The molecule has 38 heavy (non-hydrogen) atoms. The van der Waals surface area contributed by atoms with E-state index in [-0.39, 0.29) is 55.7 Å². The van der Waals surface area contributed by atoms with Crippen molar-refractivity contribution in [1.29, 1.82) is 0 Å². The van der Waals surface area contributed by atoms with E-state index in [0.29, 0.717) is 30.2 Å². The standard InChI is InChI=1S/C29H45NO8/c1-18(2)8-12-26(31)37-24-11-10-22(16-25(24)38-27(32)13-9-19(3)4)15-23(30)29(34)35-17-21(7)36-28(33)14-20(5)6/h10-11,16,18-21,23H,8-9,12-15,17,30H2,1-7H3/t21-,23-/m0/s1. The quantitative estimate of drug-likeness (QED) is 0.235. The van der Waals surface area contributed by atoms with Crippen LogP contribution in [0.25, 0.3) is 0 Å². The molecular weight excluding hydrogens is 490 g/mol. The molecule has 0 aromatic heterocycles. The Morgan fingerprint density at radius 2 is 1.32 bits per heavy atom. The van der Waals surface area contributed by atoms with E-state index in [2.05, 4.69) is 0 Å². The van der Waals surface area contributed by atoms with E-state index in [0.717, 1.165) is 0 Å². The average molecular weight is 536 g/mol. The first kappa shape index (κ1) is 33.1. The Bertz CT molecular complexity index is 925. The fourth-order valence-electron chi connectivity index (χ4n) is 3.29. The number of rotatable bonds is 16. The fraction of sp³-hybridized carbons (Fsp3) is 0.655. The van der Waals surface area contributed by atoms with Gasteiger partial charge >= 0.3 is 23.9 Å². The molecule has 0 saturated heterocycles. The van der Waals surface area contributed by atoms with Crippen molar-refractivity contribution < 1.29 is 38.1 Å². The number of carbonyl (C=O) groups excluding carboxylic acids is 4. The Kier molecular flexibility index (Phi) is 14.6. The number of ether oxygens (including phenoxy) is 4. The minimum absolute atomic E-state index is 0.0957. The van der Waals surface area contributed by atoms with Gasteiger partial charge in [0.1, 0.15) is 18.8 Å². The average Bonchev–Trinajstić information content (AvgIpc) is 2.80. The first-order valence-electron chi connectivity index (χ1n) is 13.4. The van der Waals surface area contributed by atoms with E-state index in [1.54, 1.807) is 19.1 Å². The zero-order valence-electron chi connectivity index (χ0n) is 23.9. The highest BCUT2D eigenvalue weighted by atomic mass is 16.6. The molecule has 1 aromatic carbocycles. The van der Waals surface area contributed by atoms with Crippen LogP contribution in [0.3, 0.4) is 0 Å². The maximum absolute atomic E-state index is 12.4. The van der Waals surface area contributed by atoms with Crippen molar-refractivity contribution in [3.8, 4) is 11.5 Å².